The van der Waals surface area contributed by atoms with E-state index in [1.807, 2.05) is 4.90 Å². The second kappa shape index (κ2) is 8.62. The van der Waals surface area contributed by atoms with Gasteiger partial charge in [0.1, 0.15) is 17.8 Å². The molecule has 3 rings (SSSR count). The Morgan fingerprint density at radius 2 is 1.89 bits per heavy atom. The quantitative estimate of drug-likeness (QED) is 0.558. The summed E-state index contributed by atoms with van der Waals surface area (Å²) < 4.78 is 5.80. The molecular weight excluding hydrogens is 407 g/mol. The molecule has 8 nitrogen and oxygen atoms in total. The zero-order valence-corrected chi connectivity index (χ0v) is 16.3. The molecule has 148 valence electrons. The highest BCUT2D eigenvalue weighted by atomic mass is 35.5. The number of halogens is 2. The summed E-state index contributed by atoms with van der Waals surface area (Å²) in [5.41, 5.74) is 5.17. The molecule has 2 N–H and O–H groups in total. The maximum absolute atomic E-state index is 11.7. The van der Waals surface area contributed by atoms with Gasteiger partial charge in [0.2, 0.25) is 0 Å². The first-order valence-electron chi connectivity index (χ1n) is 8.61. The number of rotatable bonds is 6. The normalized spacial score (nSPS) is 14.7. The van der Waals surface area contributed by atoms with Crippen LogP contribution in [0.5, 0.6) is 5.75 Å². The molecule has 1 amide bonds. The minimum Gasteiger partial charge on any atom is -0.493 e. The molecule has 2 aromatic rings. The molecule has 1 saturated heterocycles. The van der Waals surface area contributed by atoms with Crippen molar-refractivity contribution >= 4 is 40.6 Å². The van der Waals surface area contributed by atoms with E-state index in [0.717, 1.165) is 19.0 Å². The molecule has 1 aromatic heterocycles. The Morgan fingerprint density at radius 1 is 1.25 bits per heavy atom. The van der Waals surface area contributed by atoms with E-state index in [0.29, 0.717) is 47.2 Å². The number of ether oxygens (including phenoxy) is 1. The Morgan fingerprint density at radius 3 is 2.46 bits per heavy atom. The van der Waals surface area contributed by atoms with Gasteiger partial charge < -0.3 is 15.4 Å². The van der Waals surface area contributed by atoms with Crippen molar-refractivity contribution in [1.82, 2.24) is 4.98 Å². The third-order valence-electron chi connectivity index (χ3n) is 4.56. The van der Waals surface area contributed by atoms with Gasteiger partial charge in [-0.2, -0.15) is 0 Å². The van der Waals surface area contributed by atoms with Crippen LogP contribution in [0, 0.1) is 16.0 Å². The number of carbonyl (C=O) groups is 1. The van der Waals surface area contributed by atoms with Crippen LogP contribution in [0.3, 0.4) is 0 Å². The van der Waals surface area contributed by atoms with Crippen LogP contribution in [-0.4, -0.2) is 35.5 Å². The number of piperidine rings is 1. The number of nitrogens with zero attached hydrogens (tertiary/aromatic N) is 3. The number of carbonyl (C=O) groups excluding carboxylic acids is 1. The van der Waals surface area contributed by atoms with Crippen molar-refractivity contribution in [3.63, 3.8) is 0 Å². The van der Waals surface area contributed by atoms with Crippen molar-refractivity contribution in [3.8, 4) is 5.75 Å². The average molecular weight is 425 g/mol. The third kappa shape index (κ3) is 4.82. The van der Waals surface area contributed by atoms with E-state index in [9.17, 15) is 14.9 Å². The number of pyridine rings is 1. The molecule has 10 heteroatoms. The monoisotopic (exact) mass is 424 g/mol. The number of anilines is 1. The lowest BCUT2D eigenvalue weighted by molar-refractivity contribution is -0.385. The maximum Gasteiger partial charge on any atom is 0.288 e. The molecule has 0 unspecified atom stereocenters. The summed E-state index contributed by atoms with van der Waals surface area (Å²) in [4.78, 5) is 28.0. The zero-order chi connectivity index (χ0) is 20.3. The predicted molar refractivity (Wildman–Crippen MR) is 106 cm³/mol. The van der Waals surface area contributed by atoms with Gasteiger partial charge in [0, 0.05) is 29.2 Å². The minimum atomic E-state index is -0.741. The van der Waals surface area contributed by atoms with Gasteiger partial charge in [0.05, 0.1) is 17.1 Å². The van der Waals surface area contributed by atoms with E-state index in [1.54, 1.807) is 18.2 Å². The van der Waals surface area contributed by atoms with Gasteiger partial charge in [-0.1, -0.05) is 23.2 Å². The summed E-state index contributed by atoms with van der Waals surface area (Å²) in [5, 5.41) is 11.9. The molecule has 1 aromatic carbocycles. The summed E-state index contributed by atoms with van der Waals surface area (Å²) in [6.07, 6.45) is 2.76. The minimum absolute atomic E-state index is 0.0532. The largest absolute Gasteiger partial charge is 0.493 e. The van der Waals surface area contributed by atoms with Crippen LogP contribution in [-0.2, 0) is 0 Å². The van der Waals surface area contributed by atoms with Gasteiger partial charge in [-0.05, 0) is 37.0 Å². The molecule has 2 heterocycles. The van der Waals surface area contributed by atoms with Crippen molar-refractivity contribution in [2.24, 2.45) is 11.7 Å². The van der Waals surface area contributed by atoms with E-state index in [-0.39, 0.29) is 11.3 Å². The summed E-state index contributed by atoms with van der Waals surface area (Å²) in [7, 11) is 0. The molecular formula is C18H18Cl2N4O4. The number of amides is 1. The van der Waals surface area contributed by atoms with Gasteiger partial charge in [-0.25, -0.2) is 4.98 Å². The number of benzene rings is 1. The first-order chi connectivity index (χ1) is 13.3. The van der Waals surface area contributed by atoms with Gasteiger partial charge in [0.15, 0.2) is 0 Å². The van der Waals surface area contributed by atoms with Crippen LogP contribution in [0.4, 0.5) is 11.5 Å². The van der Waals surface area contributed by atoms with Crippen molar-refractivity contribution in [3.05, 3.63) is 56.2 Å². The molecule has 0 spiro atoms. The van der Waals surface area contributed by atoms with E-state index in [1.165, 1.54) is 6.07 Å². The van der Waals surface area contributed by atoms with Gasteiger partial charge >= 0.3 is 0 Å². The standard InChI is InChI=1S/C18H18Cl2N4O4/c19-12-5-13(20)7-15(6-12)28-10-11-1-3-23(4-2-11)18-16(17(21)25)8-14(9-22-18)24(26)27/h5-9,11H,1-4,10H2,(H2,21,25). The highest BCUT2D eigenvalue weighted by molar-refractivity contribution is 6.34. The third-order valence-corrected chi connectivity index (χ3v) is 5.00. The first-order valence-corrected chi connectivity index (χ1v) is 9.37. The van der Waals surface area contributed by atoms with Gasteiger partial charge in [-0.15, -0.1) is 0 Å². The number of aromatic nitrogens is 1. The van der Waals surface area contributed by atoms with E-state index in [2.05, 4.69) is 4.98 Å². The Bertz CT molecular complexity index is 881. The van der Waals surface area contributed by atoms with Crippen LogP contribution in [0.25, 0.3) is 0 Å². The smallest absolute Gasteiger partial charge is 0.288 e. The number of hydrogen-bond acceptors (Lipinski definition) is 6. The van der Waals surface area contributed by atoms with Crippen LogP contribution in [0.1, 0.15) is 23.2 Å². The summed E-state index contributed by atoms with van der Waals surface area (Å²) >= 11 is 11.9. The second-order valence-electron chi connectivity index (χ2n) is 6.53. The van der Waals surface area contributed by atoms with Crippen molar-refractivity contribution < 1.29 is 14.5 Å². The van der Waals surface area contributed by atoms with Crippen LogP contribution >= 0.6 is 23.2 Å². The van der Waals surface area contributed by atoms with E-state index in [4.69, 9.17) is 33.7 Å². The zero-order valence-electron chi connectivity index (χ0n) is 14.8. The molecule has 1 fully saturated rings. The topological polar surface area (TPSA) is 112 Å². The lowest BCUT2D eigenvalue weighted by Gasteiger charge is -2.33. The lowest BCUT2D eigenvalue weighted by atomic mass is 9.97. The molecule has 1 aliphatic rings. The van der Waals surface area contributed by atoms with Crippen LogP contribution in [0.2, 0.25) is 10.0 Å². The fraction of sp³-hybridized carbons (Fsp3) is 0.333. The number of primary amides is 1. The van der Waals surface area contributed by atoms with Gasteiger partial charge in [0.25, 0.3) is 11.6 Å². The van der Waals surface area contributed by atoms with Crippen LogP contribution in [0.15, 0.2) is 30.5 Å². The fourth-order valence-electron chi connectivity index (χ4n) is 3.12. The van der Waals surface area contributed by atoms with Crippen LogP contribution < -0.4 is 15.4 Å². The average Bonchev–Trinajstić information content (AvgIpc) is 2.65. The van der Waals surface area contributed by atoms with Crippen molar-refractivity contribution in [1.29, 1.82) is 0 Å². The molecule has 0 atom stereocenters. The van der Waals surface area contributed by atoms with Gasteiger partial charge in [-0.3, -0.25) is 14.9 Å². The van der Waals surface area contributed by atoms with E-state index >= 15 is 0 Å². The number of nitro groups is 1. The predicted octanol–water partition coefficient (Wildman–Crippen LogP) is 3.69. The van der Waals surface area contributed by atoms with Crippen molar-refractivity contribution in [2.75, 3.05) is 24.6 Å². The maximum atomic E-state index is 11.7. The Labute approximate surface area is 171 Å². The molecule has 0 saturated carbocycles. The number of nitrogens with two attached hydrogens (primary N) is 1. The summed E-state index contributed by atoms with van der Waals surface area (Å²) in [6.45, 7) is 1.78. The first kappa shape index (κ1) is 20.2. The molecule has 0 aliphatic carbocycles. The fourth-order valence-corrected chi connectivity index (χ4v) is 3.62. The molecule has 28 heavy (non-hydrogen) atoms. The Balaban J connectivity index is 1.62. The van der Waals surface area contributed by atoms with E-state index < -0.39 is 10.8 Å². The second-order valence-corrected chi connectivity index (χ2v) is 7.41. The molecule has 1 aliphatic heterocycles. The van der Waals surface area contributed by atoms with Crippen molar-refractivity contribution in [2.45, 2.75) is 12.8 Å². The number of hydrogen-bond donors (Lipinski definition) is 1. The summed E-state index contributed by atoms with van der Waals surface area (Å²) in [5.74, 6) is 0.561. The highest BCUT2D eigenvalue weighted by Gasteiger charge is 2.25. The lowest BCUT2D eigenvalue weighted by Crippen LogP contribution is -2.37. The highest BCUT2D eigenvalue weighted by Crippen LogP contribution is 2.28. The molecule has 0 bridgehead atoms. The SMILES string of the molecule is NC(=O)c1cc([N+](=O)[O-])cnc1N1CCC(COc2cc(Cl)cc(Cl)c2)CC1. The summed E-state index contributed by atoms with van der Waals surface area (Å²) in [6, 6.07) is 6.23. The Kier molecular flexibility index (Phi) is 6.21. The molecule has 0 radical (unpaired) electrons. The Hall–Kier alpha value is -2.58.